The smallest absolute Gasteiger partial charge is 0.0391 e. The fourth-order valence-corrected chi connectivity index (χ4v) is 1.21. The van der Waals surface area contributed by atoms with Gasteiger partial charge in [0, 0.05) is 9.75 Å². The molecule has 0 saturated carbocycles. The van der Waals surface area contributed by atoms with Crippen molar-refractivity contribution in [1.82, 2.24) is 0 Å². The van der Waals surface area contributed by atoms with Crippen LogP contribution in [-0.4, -0.2) is 9.75 Å². The molecular formula is C16H30Cl2. The van der Waals surface area contributed by atoms with E-state index in [0.717, 1.165) is 25.7 Å². The molecule has 2 heteroatoms. The summed E-state index contributed by atoms with van der Waals surface area (Å²) < 4.78 is 0. The van der Waals surface area contributed by atoms with E-state index in [1.54, 1.807) is 0 Å². The molecule has 0 aromatic rings. The molecule has 0 nitrogen and oxygen atoms in total. The van der Waals surface area contributed by atoms with Crippen molar-refractivity contribution < 1.29 is 0 Å². The van der Waals surface area contributed by atoms with Gasteiger partial charge in [-0.2, -0.15) is 0 Å². The Morgan fingerprint density at radius 2 is 1.00 bits per heavy atom. The zero-order valence-electron chi connectivity index (χ0n) is 13.0. The van der Waals surface area contributed by atoms with E-state index >= 15 is 0 Å². The Bertz CT molecular complexity index is 223. The number of allylic oxidation sites excluding steroid dienone is 2. The molecule has 0 atom stereocenters. The van der Waals surface area contributed by atoms with E-state index in [1.165, 1.54) is 11.1 Å². The predicted molar refractivity (Wildman–Crippen MR) is 88.0 cm³/mol. The summed E-state index contributed by atoms with van der Waals surface area (Å²) in [4.78, 5) is -0.210. The van der Waals surface area contributed by atoms with E-state index in [2.05, 4.69) is 13.2 Å². The van der Waals surface area contributed by atoms with Gasteiger partial charge in [-0.1, -0.05) is 11.1 Å². The Labute approximate surface area is 124 Å². The van der Waals surface area contributed by atoms with Crippen LogP contribution in [0.2, 0.25) is 0 Å². The molecule has 0 heterocycles. The molecule has 0 aromatic heterocycles. The van der Waals surface area contributed by atoms with Crippen LogP contribution in [0, 0.1) is 0 Å². The van der Waals surface area contributed by atoms with E-state index in [0.29, 0.717) is 0 Å². The second-order valence-electron chi connectivity index (χ2n) is 6.35. The number of alkyl halides is 2. The lowest BCUT2D eigenvalue weighted by molar-refractivity contribution is 0.520. The fourth-order valence-electron chi connectivity index (χ4n) is 1.02. The van der Waals surface area contributed by atoms with Crippen molar-refractivity contribution in [2.75, 3.05) is 0 Å². The lowest BCUT2D eigenvalue weighted by atomic mass is 10.00. The Hall–Kier alpha value is 0.0600. The Balaban J connectivity index is 0. The van der Waals surface area contributed by atoms with E-state index in [4.69, 9.17) is 23.2 Å². The predicted octanol–water partition coefficient (Wildman–Crippen LogP) is 6.72. The van der Waals surface area contributed by atoms with Crippen LogP contribution in [0.5, 0.6) is 0 Å². The molecule has 0 spiro atoms. The van der Waals surface area contributed by atoms with Gasteiger partial charge in [0.05, 0.1) is 0 Å². The first kappa shape index (κ1) is 20.4. The highest BCUT2D eigenvalue weighted by atomic mass is 35.5. The van der Waals surface area contributed by atoms with Crippen LogP contribution in [0.1, 0.15) is 67.2 Å². The highest BCUT2D eigenvalue weighted by Crippen LogP contribution is 2.27. The molecule has 0 radical (unpaired) electrons. The maximum Gasteiger partial charge on any atom is 0.0391 e. The molecule has 18 heavy (non-hydrogen) atoms. The van der Waals surface area contributed by atoms with Gasteiger partial charge in [-0.05, 0) is 67.2 Å². The summed E-state index contributed by atoms with van der Waals surface area (Å²) in [6.45, 7) is 19.7. The maximum absolute atomic E-state index is 5.98. The molecule has 0 aromatic carbocycles. The first-order valence-electron chi connectivity index (χ1n) is 6.50. The fraction of sp³-hybridized carbons (Fsp3) is 0.750. The largest absolute Gasteiger partial charge is 0.120 e. The number of hydrogen-bond donors (Lipinski definition) is 0. The normalized spacial score (nSPS) is 11.6. The quantitative estimate of drug-likeness (QED) is 0.376. The average molecular weight is 293 g/mol. The van der Waals surface area contributed by atoms with Crippen molar-refractivity contribution in [3.63, 3.8) is 0 Å². The summed E-state index contributed by atoms with van der Waals surface area (Å²) in [5.74, 6) is 0. The van der Waals surface area contributed by atoms with Crippen molar-refractivity contribution in [3.05, 3.63) is 24.3 Å². The maximum atomic E-state index is 5.98. The molecule has 0 rings (SSSR count). The summed E-state index contributed by atoms with van der Waals surface area (Å²) in [5, 5.41) is 0. The van der Waals surface area contributed by atoms with Gasteiger partial charge in [0.25, 0.3) is 0 Å². The standard InChI is InChI=1S/C8H16Cl2.C8H14/c1-7(2,9)5-6-8(3,4)10;1-7(2)5-6-8(3)4/h5-6H2,1-4H3;1,3,5-6H2,2,4H3. The van der Waals surface area contributed by atoms with Crippen LogP contribution in [0.15, 0.2) is 24.3 Å². The average Bonchev–Trinajstić information content (AvgIpc) is 2.10. The van der Waals surface area contributed by atoms with Crippen LogP contribution >= 0.6 is 23.2 Å². The lowest BCUT2D eigenvalue weighted by Gasteiger charge is -2.21. The molecule has 0 aliphatic rings. The zero-order valence-corrected chi connectivity index (χ0v) is 14.5. The van der Waals surface area contributed by atoms with Crippen molar-refractivity contribution in [2.45, 2.75) is 77.0 Å². The van der Waals surface area contributed by atoms with Gasteiger partial charge in [0.1, 0.15) is 0 Å². The van der Waals surface area contributed by atoms with Crippen molar-refractivity contribution in [1.29, 1.82) is 0 Å². The summed E-state index contributed by atoms with van der Waals surface area (Å²) in [6, 6.07) is 0. The van der Waals surface area contributed by atoms with Crippen molar-refractivity contribution >= 4 is 23.2 Å². The lowest BCUT2D eigenvalue weighted by Crippen LogP contribution is -2.17. The van der Waals surface area contributed by atoms with E-state index in [1.807, 2.05) is 41.5 Å². The van der Waals surface area contributed by atoms with Gasteiger partial charge in [0.15, 0.2) is 0 Å². The molecule has 0 N–H and O–H groups in total. The molecule has 0 aliphatic carbocycles. The van der Waals surface area contributed by atoms with Gasteiger partial charge in [-0.15, -0.1) is 36.4 Å². The highest BCUT2D eigenvalue weighted by molar-refractivity contribution is 6.24. The van der Waals surface area contributed by atoms with Crippen LogP contribution in [0.4, 0.5) is 0 Å². The number of hydrogen-bond acceptors (Lipinski definition) is 0. The van der Waals surface area contributed by atoms with Gasteiger partial charge in [-0.25, -0.2) is 0 Å². The summed E-state index contributed by atoms with van der Waals surface area (Å²) in [6.07, 6.45) is 4.11. The SMILES string of the molecule is C=C(C)CCC(=C)C.CC(C)(Cl)CCC(C)(C)Cl. The number of rotatable bonds is 6. The number of halogens is 2. The van der Waals surface area contributed by atoms with Gasteiger partial charge in [0.2, 0.25) is 0 Å². The van der Waals surface area contributed by atoms with E-state index in [-0.39, 0.29) is 9.75 Å². The summed E-state index contributed by atoms with van der Waals surface area (Å²) in [5.41, 5.74) is 2.49. The topological polar surface area (TPSA) is 0 Å². The highest BCUT2D eigenvalue weighted by Gasteiger charge is 2.19. The van der Waals surface area contributed by atoms with Crippen molar-refractivity contribution in [2.24, 2.45) is 0 Å². The first-order chi connectivity index (χ1) is 7.83. The van der Waals surface area contributed by atoms with Crippen LogP contribution in [-0.2, 0) is 0 Å². The molecular weight excluding hydrogens is 263 g/mol. The Morgan fingerprint density at radius 1 is 0.778 bits per heavy atom. The zero-order chi connectivity index (χ0) is 15.0. The Morgan fingerprint density at radius 3 is 1.11 bits per heavy atom. The van der Waals surface area contributed by atoms with Crippen LogP contribution in [0.25, 0.3) is 0 Å². The Kier molecular flexibility index (Phi) is 10.2. The minimum atomic E-state index is -0.105. The monoisotopic (exact) mass is 292 g/mol. The third-order valence-electron chi connectivity index (χ3n) is 2.29. The third-order valence-corrected chi connectivity index (χ3v) is 2.67. The molecule has 108 valence electrons. The second kappa shape index (κ2) is 9.04. The molecule has 0 saturated heterocycles. The molecule has 0 unspecified atom stereocenters. The summed E-state index contributed by atoms with van der Waals surface area (Å²) in [7, 11) is 0. The minimum absolute atomic E-state index is 0.105. The van der Waals surface area contributed by atoms with Gasteiger partial charge in [-0.3, -0.25) is 0 Å². The first-order valence-corrected chi connectivity index (χ1v) is 7.26. The molecule has 0 fully saturated rings. The minimum Gasteiger partial charge on any atom is -0.120 e. The van der Waals surface area contributed by atoms with E-state index in [9.17, 15) is 0 Å². The molecule has 0 amide bonds. The molecule has 0 bridgehead atoms. The van der Waals surface area contributed by atoms with Crippen LogP contribution < -0.4 is 0 Å². The molecule has 0 aliphatic heterocycles. The third kappa shape index (κ3) is 25.0. The van der Waals surface area contributed by atoms with Gasteiger partial charge >= 0.3 is 0 Å². The van der Waals surface area contributed by atoms with Crippen LogP contribution in [0.3, 0.4) is 0 Å². The second-order valence-corrected chi connectivity index (χ2v) is 8.40. The van der Waals surface area contributed by atoms with Gasteiger partial charge < -0.3 is 0 Å². The summed E-state index contributed by atoms with van der Waals surface area (Å²) >= 11 is 12.0. The van der Waals surface area contributed by atoms with E-state index < -0.39 is 0 Å². The van der Waals surface area contributed by atoms with Crippen molar-refractivity contribution in [3.8, 4) is 0 Å².